The van der Waals surface area contributed by atoms with Crippen LogP contribution < -0.4 is 0 Å². The third-order valence-corrected chi connectivity index (χ3v) is 7.15. The molecule has 41 heavy (non-hydrogen) atoms. The average molecular weight is 541 g/mol. The minimum Gasteiger partial charge on any atom is -0.456 e. The maximum atomic E-state index is 9.73. The summed E-state index contributed by atoms with van der Waals surface area (Å²) in [5, 5.41) is -3.89. The maximum Gasteiger partial charge on any atom is 0.135 e. The van der Waals surface area contributed by atoms with Crippen molar-refractivity contribution < 1.29 is 31.8 Å². The van der Waals surface area contributed by atoms with Crippen molar-refractivity contribution in [2.45, 2.75) is 0 Å². The van der Waals surface area contributed by atoms with Crippen molar-refractivity contribution in [2.24, 2.45) is 0 Å². The highest BCUT2D eigenvalue weighted by Crippen LogP contribution is 2.47. The van der Waals surface area contributed by atoms with Gasteiger partial charge in [0.1, 0.15) is 11.2 Å². The average Bonchev–Trinajstić information content (AvgIpc) is 3.64. The lowest BCUT2D eigenvalue weighted by molar-refractivity contribution is 0.669. The van der Waals surface area contributed by atoms with Gasteiger partial charge in [-0.2, -0.15) is 0 Å². The molecule has 1 heterocycles. The van der Waals surface area contributed by atoms with E-state index in [0.717, 1.165) is 0 Å². The molecule has 190 valence electrons. The summed E-state index contributed by atoms with van der Waals surface area (Å²) in [4.78, 5) is 0. The van der Waals surface area contributed by atoms with Crippen LogP contribution in [0.3, 0.4) is 0 Å². The van der Waals surface area contributed by atoms with Gasteiger partial charge >= 0.3 is 0 Å². The van der Waals surface area contributed by atoms with E-state index in [4.69, 9.17) is 20.9 Å². The molecule has 9 rings (SSSR count). The second-order valence-electron chi connectivity index (χ2n) is 9.30. The van der Waals surface area contributed by atoms with E-state index in [1.165, 1.54) is 0 Å². The molecule has 0 amide bonds. The van der Waals surface area contributed by atoms with Crippen molar-refractivity contribution >= 4 is 65.0 Å². The molecule has 0 unspecified atom stereocenters. The van der Waals surface area contributed by atoms with Gasteiger partial charge in [0.15, 0.2) is 0 Å². The third kappa shape index (κ3) is 3.24. The minimum absolute atomic E-state index is 0.0257. The molecule has 0 radical (unpaired) electrons. The summed E-state index contributed by atoms with van der Waals surface area (Å²) >= 11 is 0. The largest absolute Gasteiger partial charge is 0.456 e. The van der Waals surface area contributed by atoms with Crippen molar-refractivity contribution in [1.29, 1.82) is 0 Å². The van der Waals surface area contributed by atoms with Crippen LogP contribution in [0.25, 0.3) is 87.3 Å². The number of hydrogen-bond acceptors (Lipinski definition) is 1. The van der Waals surface area contributed by atoms with E-state index >= 15 is 0 Å². The fraction of sp³-hybridized carbons (Fsp3) is 0. The number of hydrogen-bond donors (Lipinski definition) is 0. The number of fused-ring (bicyclic) bond motifs is 8. The summed E-state index contributed by atoms with van der Waals surface area (Å²) in [6.07, 6.45) is 0. The second kappa shape index (κ2) is 8.55. The Bertz CT molecular complexity index is 3510. The fourth-order valence-corrected chi connectivity index (χ4v) is 5.44. The Labute approximate surface area is 265 Å². The topological polar surface area (TPSA) is 13.1 Å². The standard InChI is InChI=1S/C40H24O/c1-2-12-27-25(11-1)23-36(29-14-4-3-13-28(27)29)40-33-18-7-5-16-31(33)39(32-17-6-8-19-34(32)40)26-21-22-38-35(24-26)30-15-9-10-20-37(30)41-38/h1-24H/i1D,2D,3D,4D,5D,6D,7D,8D,11D,12D,13D,14D,16D,17D,18D,19D,21D,22D,23D,24D. The van der Waals surface area contributed by atoms with E-state index in [0.29, 0.717) is 5.39 Å². The predicted molar refractivity (Wildman–Crippen MR) is 175 cm³/mol. The second-order valence-corrected chi connectivity index (χ2v) is 9.30. The molecular weight excluding hydrogens is 496 g/mol. The van der Waals surface area contributed by atoms with Gasteiger partial charge in [0.05, 0.1) is 27.4 Å². The van der Waals surface area contributed by atoms with Gasteiger partial charge in [0.2, 0.25) is 0 Å². The van der Waals surface area contributed by atoms with Gasteiger partial charge in [-0.05, 0) is 89.5 Å². The van der Waals surface area contributed by atoms with Crippen LogP contribution >= 0.6 is 0 Å². The summed E-state index contributed by atoms with van der Waals surface area (Å²) in [5.74, 6) is 0. The van der Waals surface area contributed by atoms with E-state index in [1.54, 1.807) is 24.3 Å². The van der Waals surface area contributed by atoms with Crippen LogP contribution in [0.2, 0.25) is 0 Å². The molecule has 0 aliphatic carbocycles. The normalized spacial score (nSPS) is 18.7. The highest BCUT2D eigenvalue weighted by molar-refractivity contribution is 6.26. The van der Waals surface area contributed by atoms with Crippen LogP contribution in [0, 0.1) is 0 Å². The van der Waals surface area contributed by atoms with Crippen molar-refractivity contribution in [3.8, 4) is 22.3 Å². The van der Waals surface area contributed by atoms with Crippen LogP contribution in [0.15, 0.2) is 150 Å². The lowest BCUT2D eigenvalue weighted by Gasteiger charge is -2.19. The molecular formula is C40H24O. The van der Waals surface area contributed by atoms with E-state index in [-0.39, 0.29) is 16.6 Å². The zero-order valence-electron chi connectivity index (χ0n) is 40.7. The van der Waals surface area contributed by atoms with E-state index in [2.05, 4.69) is 0 Å². The van der Waals surface area contributed by atoms with Gasteiger partial charge in [0.25, 0.3) is 0 Å². The van der Waals surface area contributed by atoms with Crippen LogP contribution in [0.4, 0.5) is 0 Å². The molecule has 0 spiro atoms. The molecule has 8 aromatic carbocycles. The lowest BCUT2D eigenvalue weighted by Crippen LogP contribution is -1.92. The van der Waals surface area contributed by atoms with Crippen LogP contribution in [-0.4, -0.2) is 0 Å². The Morgan fingerprint density at radius 1 is 0.415 bits per heavy atom. The molecule has 1 heteroatoms. The molecule has 9 aromatic rings. The highest BCUT2D eigenvalue weighted by Gasteiger charge is 2.19. The number of para-hydroxylation sites is 1. The van der Waals surface area contributed by atoms with E-state index < -0.39 is 186 Å². The predicted octanol–water partition coefficient (Wildman–Crippen LogP) is 11.5. The number of rotatable bonds is 2. The monoisotopic (exact) mass is 540 g/mol. The Morgan fingerprint density at radius 2 is 1.00 bits per heavy atom. The first-order valence-corrected chi connectivity index (χ1v) is 12.5. The Morgan fingerprint density at radius 3 is 1.73 bits per heavy atom. The fourth-order valence-electron chi connectivity index (χ4n) is 5.44. The number of furan rings is 1. The Balaban J connectivity index is 1.70. The first-order valence-electron chi connectivity index (χ1n) is 22.5. The molecule has 0 fully saturated rings. The van der Waals surface area contributed by atoms with Gasteiger partial charge in [-0.25, -0.2) is 0 Å². The SMILES string of the molecule is [2H]c1c(-c2c3c([2H])c([2H])c([2H])c([2H])c3c(-c3c([2H])c4c([2H])c([2H])c([2H])c([2H])c4c4c([2H])c([2H])c([2H])c([2H])c34)c3c([2H])c([2H])c([2H])c([2H])c23)c([2H])c2c(oc3ccccc32)c1[2H]. The van der Waals surface area contributed by atoms with Crippen LogP contribution in [0.1, 0.15) is 27.4 Å². The Kier molecular flexibility index (Phi) is 2.20. The van der Waals surface area contributed by atoms with Crippen molar-refractivity contribution in [2.75, 3.05) is 0 Å². The smallest absolute Gasteiger partial charge is 0.135 e. The minimum atomic E-state index is -0.875. The number of benzene rings is 8. The summed E-state index contributed by atoms with van der Waals surface area (Å²) in [6, 6.07) is -9.37. The van der Waals surface area contributed by atoms with Gasteiger partial charge < -0.3 is 4.42 Å². The molecule has 1 aromatic heterocycles. The van der Waals surface area contributed by atoms with Gasteiger partial charge in [-0.15, -0.1) is 0 Å². The van der Waals surface area contributed by atoms with E-state index in [9.17, 15) is 11.0 Å². The third-order valence-electron chi connectivity index (χ3n) is 7.15. The summed E-state index contributed by atoms with van der Waals surface area (Å²) in [7, 11) is 0. The molecule has 0 saturated heterocycles. The van der Waals surface area contributed by atoms with Crippen molar-refractivity contribution in [3.05, 3.63) is 145 Å². The van der Waals surface area contributed by atoms with Crippen LogP contribution in [-0.2, 0) is 0 Å². The first kappa shape index (κ1) is 10.5. The zero-order chi connectivity index (χ0) is 44.3. The van der Waals surface area contributed by atoms with Gasteiger partial charge in [-0.3, -0.25) is 0 Å². The summed E-state index contributed by atoms with van der Waals surface area (Å²) < 4.78 is 187. The van der Waals surface area contributed by atoms with Crippen LogP contribution in [0.5, 0.6) is 0 Å². The molecule has 0 aliphatic rings. The van der Waals surface area contributed by atoms with Gasteiger partial charge in [0, 0.05) is 10.8 Å². The first-order chi connectivity index (χ1) is 28.7. The lowest BCUT2D eigenvalue weighted by atomic mass is 9.83. The van der Waals surface area contributed by atoms with E-state index in [1.807, 2.05) is 0 Å². The highest BCUT2D eigenvalue weighted by atomic mass is 16.3. The maximum absolute atomic E-state index is 9.73. The van der Waals surface area contributed by atoms with Gasteiger partial charge in [-0.1, -0.05) is 121 Å². The molecule has 0 aliphatic heterocycles. The van der Waals surface area contributed by atoms with Crippen molar-refractivity contribution in [3.63, 3.8) is 0 Å². The molecule has 0 N–H and O–H groups in total. The molecule has 1 nitrogen and oxygen atoms in total. The van der Waals surface area contributed by atoms with Crippen molar-refractivity contribution in [1.82, 2.24) is 0 Å². The summed E-state index contributed by atoms with van der Waals surface area (Å²) in [5.41, 5.74) is -2.02. The molecule has 0 bridgehead atoms. The zero-order valence-corrected chi connectivity index (χ0v) is 20.7. The molecule has 0 saturated carbocycles. The Hall–Kier alpha value is -5.40. The summed E-state index contributed by atoms with van der Waals surface area (Å²) in [6.45, 7) is 0. The quantitative estimate of drug-likeness (QED) is 0.157. The molecule has 0 atom stereocenters.